The van der Waals surface area contributed by atoms with Gasteiger partial charge in [0.05, 0.1) is 24.7 Å². The molecule has 0 spiro atoms. The number of alkyl halides is 3. The summed E-state index contributed by atoms with van der Waals surface area (Å²) in [4.78, 5) is 14.8. The van der Waals surface area contributed by atoms with E-state index in [2.05, 4.69) is 19.9 Å². The molecule has 0 unspecified atom stereocenters. The van der Waals surface area contributed by atoms with E-state index in [9.17, 15) is 18.0 Å². The lowest BCUT2D eigenvalue weighted by molar-refractivity contribution is -0.138. The predicted molar refractivity (Wildman–Crippen MR) is 64.1 cm³/mol. The van der Waals surface area contributed by atoms with Gasteiger partial charge in [0.25, 0.3) is 0 Å². The molecular formula is C11H11F3N4O2. The van der Waals surface area contributed by atoms with Crippen molar-refractivity contribution in [2.24, 2.45) is 10.7 Å². The molecule has 9 heteroatoms. The highest BCUT2D eigenvalue weighted by molar-refractivity contribution is 6.22. The lowest BCUT2D eigenvalue weighted by Crippen LogP contribution is -2.30. The van der Waals surface area contributed by atoms with Crippen molar-refractivity contribution in [3.8, 4) is 0 Å². The minimum Gasteiger partial charge on any atom is -0.462 e. The number of nitrogens with two attached hydrogens (primary N) is 1. The SMILES string of the molecule is CCOC(=O)C(=CN)C(=Nc1ccnnc1)C(F)(F)F. The standard InChI is InChI=1S/C11H11F3N4O2/c1-2-20-10(19)8(5-15)9(11(12,13)14)18-7-3-4-16-17-6-7/h3-6H,2,15H2,1H3. The first-order valence-electron chi connectivity index (χ1n) is 5.42. The van der Waals surface area contributed by atoms with Gasteiger partial charge in [-0.25, -0.2) is 9.79 Å². The smallest absolute Gasteiger partial charge is 0.434 e. The number of aliphatic imine (C=N–C) groups is 1. The Balaban J connectivity index is 3.27. The van der Waals surface area contributed by atoms with Crippen LogP contribution in [-0.2, 0) is 9.53 Å². The second-order valence-electron chi connectivity index (χ2n) is 3.36. The number of carbonyl (C=O) groups is 1. The van der Waals surface area contributed by atoms with Crippen LogP contribution in [0, 0.1) is 0 Å². The lowest BCUT2D eigenvalue weighted by Gasteiger charge is -2.12. The molecule has 0 atom stereocenters. The zero-order chi connectivity index (χ0) is 15.2. The molecule has 0 fully saturated rings. The summed E-state index contributed by atoms with van der Waals surface area (Å²) < 4.78 is 43.4. The quantitative estimate of drug-likeness (QED) is 0.515. The summed E-state index contributed by atoms with van der Waals surface area (Å²) in [7, 11) is 0. The van der Waals surface area contributed by atoms with Crippen molar-refractivity contribution in [1.82, 2.24) is 10.2 Å². The summed E-state index contributed by atoms with van der Waals surface area (Å²) in [5, 5.41) is 6.81. The van der Waals surface area contributed by atoms with Gasteiger partial charge in [0, 0.05) is 6.20 Å². The first-order valence-corrected chi connectivity index (χ1v) is 5.42. The molecular weight excluding hydrogens is 277 g/mol. The van der Waals surface area contributed by atoms with E-state index in [1.165, 1.54) is 19.2 Å². The number of nitrogens with zero attached hydrogens (tertiary/aromatic N) is 3. The van der Waals surface area contributed by atoms with Crippen molar-refractivity contribution in [3.05, 3.63) is 30.2 Å². The van der Waals surface area contributed by atoms with Gasteiger partial charge in [-0.05, 0) is 13.0 Å². The van der Waals surface area contributed by atoms with Crippen molar-refractivity contribution >= 4 is 17.4 Å². The van der Waals surface area contributed by atoms with Gasteiger partial charge in [-0.3, -0.25) is 0 Å². The van der Waals surface area contributed by atoms with E-state index in [1.54, 1.807) is 0 Å². The number of esters is 1. The van der Waals surface area contributed by atoms with Crippen LogP contribution in [0.5, 0.6) is 0 Å². The van der Waals surface area contributed by atoms with Gasteiger partial charge < -0.3 is 10.5 Å². The number of ether oxygens (including phenoxy) is 1. The molecule has 0 saturated carbocycles. The summed E-state index contributed by atoms with van der Waals surface area (Å²) in [5.41, 5.74) is 2.65. The summed E-state index contributed by atoms with van der Waals surface area (Å²) >= 11 is 0. The number of rotatable bonds is 4. The van der Waals surface area contributed by atoms with Gasteiger partial charge in [-0.2, -0.15) is 23.4 Å². The molecule has 0 aliphatic carbocycles. The van der Waals surface area contributed by atoms with Crippen LogP contribution >= 0.6 is 0 Å². The van der Waals surface area contributed by atoms with Crippen LogP contribution in [0.1, 0.15) is 6.92 Å². The Morgan fingerprint density at radius 1 is 1.50 bits per heavy atom. The Morgan fingerprint density at radius 2 is 2.20 bits per heavy atom. The predicted octanol–water partition coefficient (Wildman–Crippen LogP) is 1.52. The zero-order valence-corrected chi connectivity index (χ0v) is 10.4. The Labute approximate surface area is 112 Å². The normalized spacial score (nSPS) is 13.2. The van der Waals surface area contributed by atoms with E-state index in [1.807, 2.05) is 0 Å². The monoisotopic (exact) mass is 288 g/mol. The molecule has 0 bridgehead atoms. The molecule has 0 saturated heterocycles. The number of aromatic nitrogens is 2. The second kappa shape index (κ2) is 6.64. The van der Waals surface area contributed by atoms with Crippen molar-refractivity contribution in [3.63, 3.8) is 0 Å². The Hall–Kier alpha value is -2.45. The molecule has 2 N–H and O–H groups in total. The zero-order valence-electron chi connectivity index (χ0n) is 10.4. The molecule has 20 heavy (non-hydrogen) atoms. The molecule has 6 nitrogen and oxygen atoms in total. The Bertz CT molecular complexity index is 526. The van der Waals surface area contributed by atoms with Gasteiger partial charge in [-0.15, -0.1) is 0 Å². The number of hydrogen-bond acceptors (Lipinski definition) is 6. The summed E-state index contributed by atoms with van der Waals surface area (Å²) in [6.07, 6.45) is -2.17. The van der Waals surface area contributed by atoms with Gasteiger partial charge in [-0.1, -0.05) is 0 Å². The van der Waals surface area contributed by atoms with Gasteiger partial charge in [0.2, 0.25) is 0 Å². The maximum absolute atomic E-state index is 13.0. The first kappa shape index (κ1) is 15.6. The summed E-state index contributed by atoms with van der Waals surface area (Å²) in [6.45, 7) is 1.38. The minimum atomic E-state index is -4.87. The highest BCUT2D eigenvalue weighted by Crippen LogP contribution is 2.25. The molecule has 0 aliphatic heterocycles. The summed E-state index contributed by atoms with van der Waals surface area (Å²) in [5.74, 6) is -1.20. The van der Waals surface area contributed by atoms with Crippen LogP contribution in [0.3, 0.4) is 0 Å². The van der Waals surface area contributed by atoms with E-state index < -0.39 is 23.4 Å². The topological polar surface area (TPSA) is 90.5 Å². The van der Waals surface area contributed by atoms with Crippen LogP contribution in [0.4, 0.5) is 18.9 Å². The lowest BCUT2D eigenvalue weighted by atomic mass is 10.1. The van der Waals surface area contributed by atoms with Crippen LogP contribution in [0.2, 0.25) is 0 Å². The molecule has 0 radical (unpaired) electrons. The maximum Gasteiger partial charge on any atom is 0.434 e. The van der Waals surface area contributed by atoms with Crippen molar-refractivity contribution in [1.29, 1.82) is 0 Å². The van der Waals surface area contributed by atoms with Crippen LogP contribution < -0.4 is 5.73 Å². The third-order valence-corrected chi connectivity index (χ3v) is 2.00. The van der Waals surface area contributed by atoms with E-state index in [4.69, 9.17) is 5.73 Å². The van der Waals surface area contributed by atoms with Crippen LogP contribution in [-0.4, -0.2) is 34.7 Å². The fourth-order valence-electron chi connectivity index (χ4n) is 1.21. The molecule has 1 heterocycles. The van der Waals surface area contributed by atoms with E-state index in [0.29, 0.717) is 6.20 Å². The highest BCUT2D eigenvalue weighted by Gasteiger charge is 2.41. The van der Waals surface area contributed by atoms with Crippen molar-refractivity contribution < 1.29 is 22.7 Å². The van der Waals surface area contributed by atoms with Gasteiger partial charge >= 0.3 is 12.1 Å². The van der Waals surface area contributed by atoms with Gasteiger partial charge in [0.15, 0.2) is 5.71 Å². The van der Waals surface area contributed by atoms with Crippen molar-refractivity contribution in [2.75, 3.05) is 6.61 Å². The molecule has 0 amide bonds. The molecule has 108 valence electrons. The summed E-state index contributed by atoms with van der Waals surface area (Å²) in [6, 6.07) is 1.21. The molecule has 0 aliphatic rings. The molecule has 1 rings (SSSR count). The third-order valence-electron chi connectivity index (χ3n) is 2.00. The maximum atomic E-state index is 13.0. The molecule has 1 aromatic rings. The van der Waals surface area contributed by atoms with Crippen LogP contribution in [0.25, 0.3) is 0 Å². The highest BCUT2D eigenvalue weighted by atomic mass is 19.4. The molecule has 1 aromatic heterocycles. The van der Waals surface area contributed by atoms with Gasteiger partial charge in [0.1, 0.15) is 5.57 Å². The average Bonchev–Trinajstić information content (AvgIpc) is 2.39. The fourth-order valence-corrected chi connectivity index (χ4v) is 1.21. The second-order valence-corrected chi connectivity index (χ2v) is 3.36. The first-order chi connectivity index (χ1) is 9.40. The van der Waals surface area contributed by atoms with E-state index in [-0.39, 0.29) is 12.3 Å². The third kappa shape index (κ3) is 4.04. The number of hydrogen-bond donors (Lipinski definition) is 1. The fraction of sp³-hybridized carbons (Fsp3) is 0.273. The molecule has 0 aromatic carbocycles. The van der Waals surface area contributed by atoms with Crippen molar-refractivity contribution in [2.45, 2.75) is 13.1 Å². The van der Waals surface area contributed by atoms with E-state index in [0.717, 1.165) is 6.20 Å². The minimum absolute atomic E-state index is 0.0852. The van der Waals surface area contributed by atoms with Crippen LogP contribution in [0.15, 0.2) is 35.2 Å². The average molecular weight is 288 g/mol. The number of halogens is 3. The Morgan fingerprint density at radius 3 is 2.65 bits per heavy atom. The van der Waals surface area contributed by atoms with E-state index >= 15 is 0 Å². The Kier molecular flexibility index (Phi) is 5.18. The number of carbonyl (C=O) groups excluding carboxylic acids is 1. The largest absolute Gasteiger partial charge is 0.462 e.